The lowest BCUT2D eigenvalue weighted by molar-refractivity contribution is 0.0748. The number of hydrogen-bond acceptors (Lipinski definition) is 3. The van der Waals surface area contributed by atoms with Crippen LogP contribution in [0.4, 0.5) is 0 Å². The summed E-state index contributed by atoms with van der Waals surface area (Å²) in [5.41, 5.74) is 2.10. The Morgan fingerprint density at radius 2 is 1.81 bits per heavy atom. The van der Waals surface area contributed by atoms with Crippen molar-refractivity contribution in [2.75, 3.05) is 19.6 Å². The van der Waals surface area contributed by atoms with Crippen LogP contribution in [0, 0.1) is 0 Å². The van der Waals surface area contributed by atoms with Crippen LogP contribution in [-0.4, -0.2) is 53.5 Å². The Bertz CT molecular complexity index is 565. The molecule has 2 atom stereocenters. The lowest BCUT2D eigenvalue weighted by Gasteiger charge is -2.25. The van der Waals surface area contributed by atoms with Gasteiger partial charge in [-0.2, -0.15) is 0 Å². The van der Waals surface area contributed by atoms with Gasteiger partial charge in [0.05, 0.1) is 0 Å². The van der Waals surface area contributed by atoms with E-state index in [1.807, 2.05) is 17.0 Å². The summed E-state index contributed by atoms with van der Waals surface area (Å²) in [4.78, 5) is 17.3. The van der Waals surface area contributed by atoms with Crippen LogP contribution < -0.4 is 5.32 Å². The molecule has 3 rings (SSSR count). The fraction of sp³-hybridized carbons (Fsp3) is 0.650. The highest BCUT2D eigenvalue weighted by Gasteiger charge is 2.31. The second-order valence-electron chi connectivity index (χ2n) is 7.53. The second-order valence-corrected chi connectivity index (χ2v) is 7.53. The largest absolute Gasteiger partial charge is 0.337 e. The van der Waals surface area contributed by atoms with Gasteiger partial charge in [-0.25, -0.2) is 0 Å². The van der Waals surface area contributed by atoms with Gasteiger partial charge in [-0.05, 0) is 57.4 Å². The number of fused-ring (bicyclic) bond motifs is 2. The maximum absolute atomic E-state index is 12.8. The summed E-state index contributed by atoms with van der Waals surface area (Å²) in [6, 6.07) is 9.87. The summed E-state index contributed by atoms with van der Waals surface area (Å²) in [7, 11) is 0. The summed E-state index contributed by atoms with van der Waals surface area (Å²) in [6.45, 7) is 10.4. The third kappa shape index (κ3) is 5.59. The first-order valence-corrected chi connectivity index (χ1v) is 9.45. The van der Waals surface area contributed by atoms with Gasteiger partial charge in [-0.3, -0.25) is 9.69 Å². The molecular weight excluding hydrogens is 369 g/mol. The Balaban J connectivity index is 0.00000169. The number of nitrogens with one attached hydrogen (secondary N) is 1. The zero-order chi connectivity index (χ0) is 17.1. The molecule has 1 aromatic rings. The number of carbonyl (C=O) groups is 1. The lowest BCUT2D eigenvalue weighted by atomic mass is 10.1. The molecule has 0 spiro atoms. The van der Waals surface area contributed by atoms with Gasteiger partial charge in [-0.15, -0.1) is 24.8 Å². The van der Waals surface area contributed by atoms with Crippen molar-refractivity contribution in [3.8, 4) is 0 Å². The maximum atomic E-state index is 12.8. The van der Waals surface area contributed by atoms with Crippen LogP contribution in [0.2, 0.25) is 0 Å². The average Bonchev–Trinajstić information content (AvgIpc) is 2.91. The number of carbonyl (C=O) groups excluding carboxylic acids is 1. The van der Waals surface area contributed by atoms with Gasteiger partial charge in [0, 0.05) is 43.3 Å². The van der Waals surface area contributed by atoms with E-state index in [0.717, 1.165) is 38.2 Å². The van der Waals surface area contributed by atoms with Crippen LogP contribution >= 0.6 is 24.8 Å². The first-order chi connectivity index (χ1) is 11.6. The van der Waals surface area contributed by atoms with Crippen LogP contribution in [-0.2, 0) is 6.54 Å². The van der Waals surface area contributed by atoms with E-state index >= 15 is 0 Å². The zero-order valence-corrected chi connectivity index (χ0v) is 17.7. The molecule has 2 aliphatic rings. The summed E-state index contributed by atoms with van der Waals surface area (Å²) in [5, 5.41) is 3.64. The highest BCUT2D eigenvalue weighted by atomic mass is 35.5. The van der Waals surface area contributed by atoms with E-state index in [2.05, 4.69) is 43.1 Å². The average molecular weight is 402 g/mol. The minimum absolute atomic E-state index is 0. The standard InChI is InChI=1S/C20H31N3O.2ClH/c1-4-22(15(2)3)13-16-5-7-17(8-6-16)20(24)23-12-11-18-9-10-19(14-23)21-18;;/h5-8,15,18-19,21H,4,9-14H2,1-3H3;2*1H. The fourth-order valence-corrected chi connectivity index (χ4v) is 3.96. The van der Waals surface area contributed by atoms with Crippen molar-refractivity contribution in [2.45, 2.75) is 64.7 Å². The highest BCUT2D eigenvalue weighted by Crippen LogP contribution is 2.22. The first kappa shape index (κ1) is 23.2. The SMILES string of the molecule is CCN(Cc1ccc(C(=O)N2CCC3CCC(C2)N3)cc1)C(C)C.Cl.Cl. The first-order valence-electron chi connectivity index (χ1n) is 9.45. The van der Waals surface area contributed by atoms with Gasteiger partial charge < -0.3 is 10.2 Å². The Labute approximate surface area is 170 Å². The van der Waals surface area contributed by atoms with Crippen LogP contribution in [0.1, 0.15) is 56.0 Å². The summed E-state index contributed by atoms with van der Waals surface area (Å²) in [6.07, 6.45) is 3.56. The number of amides is 1. The van der Waals surface area contributed by atoms with Crippen molar-refractivity contribution in [1.29, 1.82) is 0 Å². The van der Waals surface area contributed by atoms with Crippen molar-refractivity contribution in [1.82, 2.24) is 15.1 Å². The molecule has 1 amide bonds. The Morgan fingerprint density at radius 1 is 1.15 bits per heavy atom. The normalized spacial score (nSPS) is 22.0. The van der Waals surface area contributed by atoms with Crippen molar-refractivity contribution < 1.29 is 4.79 Å². The van der Waals surface area contributed by atoms with E-state index in [0.29, 0.717) is 18.1 Å². The van der Waals surface area contributed by atoms with Crippen molar-refractivity contribution in [3.05, 3.63) is 35.4 Å². The van der Waals surface area contributed by atoms with E-state index < -0.39 is 0 Å². The number of benzene rings is 1. The molecule has 4 nitrogen and oxygen atoms in total. The zero-order valence-electron chi connectivity index (χ0n) is 16.1. The quantitative estimate of drug-likeness (QED) is 0.815. The Morgan fingerprint density at radius 3 is 2.42 bits per heavy atom. The van der Waals surface area contributed by atoms with Crippen LogP contribution in [0.15, 0.2) is 24.3 Å². The molecule has 0 radical (unpaired) electrons. The predicted molar refractivity (Wildman–Crippen MR) is 113 cm³/mol. The molecule has 2 unspecified atom stereocenters. The second kappa shape index (κ2) is 10.5. The molecule has 2 aliphatic heterocycles. The Kier molecular flexibility index (Phi) is 9.39. The van der Waals surface area contributed by atoms with Crippen molar-refractivity contribution in [3.63, 3.8) is 0 Å². The number of nitrogens with zero attached hydrogens (tertiary/aromatic N) is 2. The minimum atomic E-state index is 0. The number of halogens is 2. The van der Waals surface area contributed by atoms with Crippen LogP contribution in [0.3, 0.4) is 0 Å². The summed E-state index contributed by atoms with van der Waals surface area (Å²) < 4.78 is 0. The van der Waals surface area contributed by atoms with Crippen LogP contribution in [0.25, 0.3) is 0 Å². The molecule has 0 aromatic heterocycles. The van der Waals surface area contributed by atoms with Gasteiger partial charge in [0.25, 0.3) is 5.91 Å². The van der Waals surface area contributed by atoms with Crippen LogP contribution in [0.5, 0.6) is 0 Å². The molecule has 6 heteroatoms. The lowest BCUT2D eigenvalue weighted by Crippen LogP contribution is -2.39. The summed E-state index contributed by atoms with van der Waals surface area (Å²) in [5.74, 6) is 0.187. The topological polar surface area (TPSA) is 35.6 Å². The van der Waals surface area contributed by atoms with E-state index in [-0.39, 0.29) is 30.7 Å². The molecule has 0 aliphatic carbocycles. The third-order valence-electron chi connectivity index (χ3n) is 5.53. The third-order valence-corrected chi connectivity index (χ3v) is 5.53. The maximum Gasteiger partial charge on any atom is 0.253 e. The van der Waals surface area contributed by atoms with Gasteiger partial charge in [0.15, 0.2) is 0 Å². The molecule has 0 saturated carbocycles. The van der Waals surface area contributed by atoms with Gasteiger partial charge in [0.2, 0.25) is 0 Å². The fourth-order valence-electron chi connectivity index (χ4n) is 3.96. The van der Waals surface area contributed by atoms with Crippen molar-refractivity contribution in [2.24, 2.45) is 0 Å². The van der Waals surface area contributed by atoms with E-state index in [1.54, 1.807) is 0 Å². The van der Waals surface area contributed by atoms with E-state index in [4.69, 9.17) is 0 Å². The minimum Gasteiger partial charge on any atom is -0.337 e. The molecule has 148 valence electrons. The monoisotopic (exact) mass is 401 g/mol. The van der Waals surface area contributed by atoms with E-state index in [1.165, 1.54) is 18.4 Å². The molecule has 2 heterocycles. The molecule has 26 heavy (non-hydrogen) atoms. The number of likely N-dealkylation sites (tertiary alicyclic amines) is 1. The Hall–Kier alpha value is -0.810. The molecular formula is C20H33Cl2N3O. The number of hydrogen-bond donors (Lipinski definition) is 1. The van der Waals surface area contributed by atoms with Gasteiger partial charge in [-0.1, -0.05) is 19.1 Å². The molecule has 2 bridgehead atoms. The number of rotatable bonds is 5. The molecule has 1 N–H and O–H groups in total. The van der Waals surface area contributed by atoms with Gasteiger partial charge >= 0.3 is 0 Å². The van der Waals surface area contributed by atoms with Gasteiger partial charge in [0.1, 0.15) is 0 Å². The molecule has 2 saturated heterocycles. The van der Waals surface area contributed by atoms with Crippen molar-refractivity contribution >= 4 is 30.7 Å². The smallest absolute Gasteiger partial charge is 0.253 e. The predicted octanol–water partition coefficient (Wildman–Crippen LogP) is 3.73. The summed E-state index contributed by atoms with van der Waals surface area (Å²) >= 11 is 0. The molecule has 1 aromatic carbocycles. The van der Waals surface area contributed by atoms with E-state index in [9.17, 15) is 4.79 Å². The molecule has 2 fully saturated rings. The highest BCUT2D eigenvalue weighted by molar-refractivity contribution is 5.94.